The first-order valence-corrected chi connectivity index (χ1v) is 8.87. The maximum Gasteiger partial charge on any atom is 0.312 e. The summed E-state index contributed by atoms with van der Waals surface area (Å²) >= 11 is 0. The number of aryl methyl sites for hydroxylation is 1. The first-order chi connectivity index (χ1) is 13.5. The van der Waals surface area contributed by atoms with Crippen LogP contribution in [0.15, 0.2) is 41.2 Å². The highest BCUT2D eigenvalue weighted by atomic mass is 16.7. The predicted molar refractivity (Wildman–Crippen MR) is 100 cm³/mol. The summed E-state index contributed by atoms with van der Waals surface area (Å²) in [5.41, 5.74) is 1.88. The quantitative estimate of drug-likeness (QED) is 0.503. The standard InChI is InChI=1S/C21H17NO6/c1-22-16-6-12(25-2)4-3-11(16)5-15(21(22)24)13-8-20(23)28-17-9-19-18(7-14(13)17)26-10-27-19/h3-7,9,13H,8,10H2,1-2H3/t13-/m0/s1. The van der Waals surface area contributed by atoms with E-state index in [-0.39, 0.29) is 24.7 Å². The number of methoxy groups -OCH3 is 1. The van der Waals surface area contributed by atoms with Crippen LogP contribution in [0.5, 0.6) is 23.0 Å². The molecule has 0 saturated carbocycles. The van der Waals surface area contributed by atoms with Gasteiger partial charge in [-0.15, -0.1) is 0 Å². The van der Waals surface area contributed by atoms with Gasteiger partial charge in [-0.3, -0.25) is 9.59 Å². The molecule has 5 rings (SSSR count). The summed E-state index contributed by atoms with van der Waals surface area (Å²) in [6, 6.07) is 10.9. The first-order valence-electron chi connectivity index (χ1n) is 8.87. The normalized spacial score (nSPS) is 17.4. The van der Waals surface area contributed by atoms with Crippen LogP contribution in [0.25, 0.3) is 10.9 Å². The van der Waals surface area contributed by atoms with Crippen molar-refractivity contribution in [3.63, 3.8) is 0 Å². The Bertz CT molecular complexity index is 1200. The summed E-state index contributed by atoms with van der Waals surface area (Å²) in [7, 11) is 3.30. The molecular weight excluding hydrogens is 362 g/mol. The van der Waals surface area contributed by atoms with E-state index >= 15 is 0 Å². The van der Waals surface area contributed by atoms with E-state index in [1.165, 1.54) is 0 Å². The Morgan fingerprint density at radius 2 is 1.79 bits per heavy atom. The molecule has 0 amide bonds. The van der Waals surface area contributed by atoms with Crippen LogP contribution >= 0.6 is 0 Å². The van der Waals surface area contributed by atoms with Gasteiger partial charge in [0.15, 0.2) is 11.5 Å². The van der Waals surface area contributed by atoms with Gasteiger partial charge in [-0.05, 0) is 29.7 Å². The Balaban J connectivity index is 1.72. The number of hydrogen-bond acceptors (Lipinski definition) is 6. The van der Waals surface area contributed by atoms with Crippen molar-refractivity contribution < 1.29 is 23.7 Å². The highest BCUT2D eigenvalue weighted by Crippen LogP contribution is 2.45. The Labute approximate surface area is 160 Å². The van der Waals surface area contributed by atoms with Crippen molar-refractivity contribution in [1.82, 2.24) is 4.57 Å². The molecule has 1 aromatic heterocycles. The number of hydrogen-bond donors (Lipinski definition) is 0. The summed E-state index contributed by atoms with van der Waals surface area (Å²) in [6.07, 6.45) is 0.0869. The van der Waals surface area contributed by atoms with Crippen LogP contribution in [0.1, 0.15) is 23.5 Å². The lowest BCUT2D eigenvalue weighted by Gasteiger charge is -2.25. The Morgan fingerprint density at radius 3 is 2.57 bits per heavy atom. The van der Waals surface area contributed by atoms with Crippen molar-refractivity contribution in [2.45, 2.75) is 12.3 Å². The summed E-state index contributed by atoms with van der Waals surface area (Å²) < 4.78 is 23.1. The van der Waals surface area contributed by atoms with Crippen LogP contribution in [0.2, 0.25) is 0 Å². The molecular formula is C21H17NO6. The first kappa shape index (κ1) is 16.7. The fourth-order valence-corrected chi connectivity index (χ4v) is 3.86. The zero-order valence-corrected chi connectivity index (χ0v) is 15.4. The van der Waals surface area contributed by atoms with E-state index in [0.29, 0.717) is 28.6 Å². The molecule has 28 heavy (non-hydrogen) atoms. The SMILES string of the molecule is COc1ccc2cc([C@H]3CC(=O)Oc4cc5c(cc43)OCO5)c(=O)n(C)c2c1. The highest BCUT2D eigenvalue weighted by molar-refractivity contribution is 5.83. The fourth-order valence-electron chi connectivity index (χ4n) is 3.86. The number of esters is 1. The van der Waals surface area contributed by atoms with Gasteiger partial charge >= 0.3 is 5.97 Å². The number of pyridine rings is 1. The third kappa shape index (κ3) is 2.43. The van der Waals surface area contributed by atoms with E-state index in [0.717, 1.165) is 16.5 Å². The number of carbonyl (C=O) groups is 1. The zero-order valence-electron chi connectivity index (χ0n) is 15.4. The summed E-state index contributed by atoms with van der Waals surface area (Å²) in [6.45, 7) is 0.121. The molecule has 0 spiro atoms. The van der Waals surface area contributed by atoms with Gasteiger partial charge in [0, 0.05) is 36.2 Å². The molecule has 0 N–H and O–H groups in total. The van der Waals surface area contributed by atoms with Gasteiger partial charge in [0.1, 0.15) is 11.5 Å². The molecule has 3 heterocycles. The predicted octanol–water partition coefficient (Wildman–Crippen LogP) is 2.72. The van der Waals surface area contributed by atoms with Gasteiger partial charge < -0.3 is 23.5 Å². The number of carbonyl (C=O) groups excluding carboxylic acids is 1. The Hall–Kier alpha value is -3.48. The summed E-state index contributed by atoms with van der Waals surface area (Å²) in [5, 5.41) is 0.888. The Kier molecular flexibility index (Phi) is 3.58. The lowest BCUT2D eigenvalue weighted by atomic mass is 9.86. The second-order valence-electron chi connectivity index (χ2n) is 6.86. The van der Waals surface area contributed by atoms with E-state index in [9.17, 15) is 9.59 Å². The van der Waals surface area contributed by atoms with Gasteiger partial charge in [-0.25, -0.2) is 0 Å². The van der Waals surface area contributed by atoms with Crippen LogP contribution in [0.4, 0.5) is 0 Å². The molecule has 3 aromatic rings. The van der Waals surface area contributed by atoms with Gasteiger partial charge in [-0.1, -0.05) is 0 Å². The molecule has 0 fully saturated rings. The average Bonchev–Trinajstić information content (AvgIpc) is 3.15. The monoisotopic (exact) mass is 379 g/mol. The number of nitrogens with zero attached hydrogens (tertiary/aromatic N) is 1. The van der Waals surface area contributed by atoms with Crippen molar-refractivity contribution >= 4 is 16.9 Å². The molecule has 0 unspecified atom stereocenters. The van der Waals surface area contributed by atoms with Crippen molar-refractivity contribution in [3.05, 3.63) is 57.9 Å². The molecule has 0 aliphatic carbocycles. The van der Waals surface area contributed by atoms with E-state index in [2.05, 4.69) is 0 Å². The van der Waals surface area contributed by atoms with Crippen LogP contribution in [-0.2, 0) is 11.8 Å². The lowest BCUT2D eigenvalue weighted by Crippen LogP contribution is -2.28. The third-order valence-electron chi connectivity index (χ3n) is 5.31. The van der Waals surface area contributed by atoms with Crippen molar-refractivity contribution in [3.8, 4) is 23.0 Å². The van der Waals surface area contributed by atoms with Crippen molar-refractivity contribution in [2.75, 3.05) is 13.9 Å². The van der Waals surface area contributed by atoms with Crippen LogP contribution in [0, 0.1) is 0 Å². The molecule has 7 heteroatoms. The van der Waals surface area contributed by atoms with E-state index in [4.69, 9.17) is 18.9 Å². The number of benzene rings is 2. The maximum absolute atomic E-state index is 13.1. The largest absolute Gasteiger partial charge is 0.497 e. The molecule has 0 saturated heterocycles. The van der Waals surface area contributed by atoms with Crippen LogP contribution < -0.4 is 24.5 Å². The molecule has 2 aliphatic rings. The Morgan fingerprint density at radius 1 is 1.00 bits per heavy atom. The minimum Gasteiger partial charge on any atom is -0.497 e. The summed E-state index contributed by atoms with van der Waals surface area (Å²) in [4.78, 5) is 25.4. The average molecular weight is 379 g/mol. The van der Waals surface area contributed by atoms with Crippen LogP contribution in [0.3, 0.4) is 0 Å². The number of rotatable bonds is 2. The van der Waals surface area contributed by atoms with E-state index < -0.39 is 5.92 Å². The van der Waals surface area contributed by atoms with Gasteiger partial charge in [0.25, 0.3) is 5.56 Å². The topological polar surface area (TPSA) is 76.0 Å². The van der Waals surface area contributed by atoms with Gasteiger partial charge in [-0.2, -0.15) is 0 Å². The van der Waals surface area contributed by atoms with E-state index in [1.807, 2.05) is 24.3 Å². The summed E-state index contributed by atoms with van der Waals surface area (Å²) in [5.74, 6) is 1.40. The molecule has 142 valence electrons. The van der Waals surface area contributed by atoms with Crippen LogP contribution in [-0.4, -0.2) is 24.4 Å². The second-order valence-corrected chi connectivity index (χ2v) is 6.86. The highest BCUT2D eigenvalue weighted by Gasteiger charge is 2.33. The zero-order chi connectivity index (χ0) is 19.4. The number of ether oxygens (including phenoxy) is 4. The molecule has 1 atom stereocenters. The molecule has 2 aromatic carbocycles. The lowest BCUT2D eigenvalue weighted by molar-refractivity contribution is -0.135. The minimum absolute atomic E-state index is 0.0869. The van der Waals surface area contributed by atoms with Crippen molar-refractivity contribution in [2.24, 2.45) is 7.05 Å². The second kappa shape index (κ2) is 6.02. The maximum atomic E-state index is 13.1. The molecule has 0 radical (unpaired) electrons. The molecule has 2 aliphatic heterocycles. The fraction of sp³-hybridized carbons (Fsp3) is 0.238. The van der Waals surface area contributed by atoms with Crippen molar-refractivity contribution in [1.29, 1.82) is 0 Å². The number of aromatic nitrogens is 1. The van der Waals surface area contributed by atoms with Gasteiger partial charge in [0.2, 0.25) is 6.79 Å². The number of fused-ring (bicyclic) bond motifs is 3. The third-order valence-corrected chi connectivity index (χ3v) is 5.31. The molecule has 7 nitrogen and oxygen atoms in total. The minimum atomic E-state index is -0.420. The van der Waals surface area contributed by atoms with E-state index in [1.54, 1.807) is 30.9 Å². The van der Waals surface area contributed by atoms with Gasteiger partial charge in [0.05, 0.1) is 19.0 Å². The smallest absolute Gasteiger partial charge is 0.312 e. The molecule has 0 bridgehead atoms.